The molecule has 2 heterocycles. The zero-order valence-corrected chi connectivity index (χ0v) is 10.5. The molecule has 1 unspecified atom stereocenters. The van der Waals surface area contributed by atoms with E-state index >= 15 is 0 Å². The van der Waals surface area contributed by atoms with Gasteiger partial charge in [-0.2, -0.15) is 0 Å². The van der Waals surface area contributed by atoms with Crippen LogP contribution in [0.2, 0.25) is 0 Å². The lowest BCUT2D eigenvalue weighted by Crippen LogP contribution is -2.20. The van der Waals surface area contributed by atoms with Crippen LogP contribution in [0.4, 0.5) is 5.69 Å². The highest BCUT2D eigenvalue weighted by atomic mass is 15.2. The van der Waals surface area contributed by atoms with E-state index in [4.69, 9.17) is 5.73 Å². The molecular weight excluding hydrogens is 222 g/mol. The number of aromatic nitrogens is 1. The summed E-state index contributed by atoms with van der Waals surface area (Å²) in [5.41, 5.74) is 10.9. The van der Waals surface area contributed by atoms with E-state index in [1.807, 2.05) is 24.5 Å². The summed E-state index contributed by atoms with van der Waals surface area (Å²) in [4.78, 5) is 6.51. The first kappa shape index (κ1) is 11.2. The van der Waals surface area contributed by atoms with Gasteiger partial charge in [0.2, 0.25) is 0 Å². The Hall–Kier alpha value is -1.87. The molecule has 2 N–H and O–H groups in total. The first-order valence-electron chi connectivity index (χ1n) is 6.26. The molecule has 3 rings (SSSR count). The van der Waals surface area contributed by atoms with Crippen molar-refractivity contribution in [2.75, 3.05) is 5.73 Å². The molecule has 18 heavy (non-hydrogen) atoms. The molecule has 1 atom stereocenters. The zero-order chi connectivity index (χ0) is 12.5. The second-order valence-corrected chi connectivity index (χ2v) is 4.85. The number of hydrogen-bond acceptors (Lipinski definition) is 3. The van der Waals surface area contributed by atoms with E-state index in [1.54, 1.807) is 0 Å². The number of fused-ring (bicyclic) bond motifs is 1. The summed E-state index contributed by atoms with van der Waals surface area (Å²) >= 11 is 0. The summed E-state index contributed by atoms with van der Waals surface area (Å²) in [7, 11) is 0. The smallest absolute Gasteiger partial charge is 0.0363 e. The monoisotopic (exact) mass is 239 g/mol. The van der Waals surface area contributed by atoms with E-state index in [9.17, 15) is 0 Å². The number of nitrogens with two attached hydrogens (primary N) is 1. The molecule has 2 aromatic rings. The van der Waals surface area contributed by atoms with Crippen LogP contribution in [0.15, 0.2) is 42.7 Å². The second-order valence-electron chi connectivity index (χ2n) is 4.85. The van der Waals surface area contributed by atoms with Crippen LogP contribution >= 0.6 is 0 Å². The SMILES string of the molecule is CC(c1ccncc1)N1Cc2cccc(N)c2C1. The van der Waals surface area contributed by atoms with Gasteiger partial charge in [0.25, 0.3) is 0 Å². The highest BCUT2D eigenvalue weighted by Gasteiger charge is 2.25. The topological polar surface area (TPSA) is 42.2 Å². The first-order valence-corrected chi connectivity index (χ1v) is 6.26. The number of nitrogen functional groups attached to an aromatic ring is 1. The lowest BCUT2D eigenvalue weighted by molar-refractivity contribution is 0.215. The van der Waals surface area contributed by atoms with Crippen molar-refractivity contribution in [2.24, 2.45) is 0 Å². The van der Waals surface area contributed by atoms with Crippen LogP contribution in [0, 0.1) is 0 Å². The van der Waals surface area contributed by atoms with Gasteiger partial charge in [-0.1, -0.05) is 12.1 Å². The summed E-state index contributed by atoms with van der Waals surface area (Å²) < 4.78 is 0. The van der Waals surface area contributed by atoms with Crippen LogP contribution in [-0.2, 0) is 13.1 Å². The molecule has 3 heteroatoms. The minimum atomic E-state index is 0.389. The summed E-state index contributed by atoms with van der Waals surface area (Å²) in [5.74, 6) is 0. The molecule has 0 spiro atoms. The van der Waals surface area contributed by atoms with Gasteiger partial charge in [0.1, 0.15) is 0 Å². The summed E-state index contributed by atoms with van der Waals surface area (Å²) in [6.07, 6.45) is 3.70. The predicted octanol–water partition coefficient (Wildman–Crippen LogP) is 2.74. The second kappa shape index (κ2) is 4.42. The van der Waals surface area contributed by atoms with E-state index in [0.717, 1.165) is 18.8 Å². The highest BCUT2D eigenvalue weighted by Crippen LogP contribution is 2.33. The molecule has 0 aliphatic carbocycles. The van der Waals surface area contributed by atoms with Gasteiger partial charge in [-0.15, -0.1) is 0 Å². The number of pyridine rings is 1. The highest BCUT2D eigenvalue weighted by molar-refractivity contribution is 5.52. The Balaban J connectivity index is 1.84. The van der Waals surface area contributed by atoms with E-state index < -0.39 is 0 Å². The van der Waals surface area contributed by atoms with Crippen LogP contribution in [0.25, 0.3) is 0 Å². The Kier molecular flexibility index (Phi) is 2.76. The quantitative estimate of drug-likeness (QED) is 0.819. The minimum absolute atomic E-state index is 0.389. The van der Waals surface area contributed by atoms with E-state index in [1.165, 1.54) is 16.7 Å². The Bertz CT molecular complexity index is 551. The van der Waals surface area contributed by atoms with Gasteiger partial charge in [0.05, 0.1) is 0 Å². The molecular formula is C15H17N3. The van der Waals surface area contributed by atoms with Crippen molar-refractivity contribution in [1.82, 2.24) is 9.88 Å². The Morgan fingerprint density at radius 3 is 2.67 bits per heavy atom. The molecule has 0 fully saturated rings. The zero-order valence-electron chi connectivity index (χ0n) is 10.5. The maximum atomic E-state index is 6.04. The van der Waals surface area contributed by atoms with Crippen molar-refractivity contribution in [3.05, 3.63) is 59.4 Å². The summed E-state index contributed by atoms with van der Waals surface area (Å²) in [6, 6.07) is 10.7. The molecule has 0 bridgehead atoms. The molecule has 1 aromatic heterocycles. The van der Waals surface area contributed by atoms with Gasteiger partial charge in [0, 0.05) is 37.2 Å². The lowest BCUT2D eigenvalue weighted by atomic mass is 10.1. The Labute approximate surface area is 107 Å². The molecule has 92 valence electrons. The third-order valence-electron chi connectivity index (χ3n) is 3.78. The van der Waals surface area contributed by atoms with Crippen molar-refractivity contribution in [3.63, 3.8) is 0 Å². The normalized spacial score (nSPS) is 16.5. The van der Waals surface area contributed by atoms with Crippen LogP contribution in [0.5, 0.6) is 0 Å². The third kappa shape index (κ3) is 1.87. The fourth-order valence-electron chi connectivity index (χ4n) is 2.60. The molecule has 0 radical (unpaired) electrons. The fraction of sp³-hybridized carbons (Fsp3) is 0.267. The van der Waals surface area contributed by atoms with Gasteiger partial charge in [-0.3, -0.25) is 9.88 Å². The number of benzene rings is 1. The van der Waals surface area contributed by atoms with Gasteiger partial charge in [-0.05, 0) is 41.8 Å². The standard InChI is InChI=1S/C15H17N3/c1-11(12-5-7-17-8-6-12)18-9-13-3-2-4-15(16)14(13)10-18/h2-8,11H,9-10,16H2,1H3. The number of nitrogens with zero attached hydrogens (tertiary/aromatic N) is 2. The third-order valence-corrected chi connectivity index (χ3v) is 3.78. The molecule has 3 nitrogen and oxygen atoms in total. The van der Waals surface area contributed by atoms with E-state index in [2.05, 4.69) is 35.0 Å². The maximum absolute atomic E-state index is 6.04. The van der Waals surface area contributed by atoms with Crippen molar-refractivity contribution < 1.29 is 0 Å². The van der Waals surface area contributed by atoms with Gasteiger partial charge in [-0.25, -0.2) is 0 Å². The van der Waals surface area contributed by atoms with Crippen LogP contribution < -0.4 is 5.73 Å². The molecule has 1 aliphatic rings. The lowest BCUT2D eigenvalue weighted by Gasteiger charge is -2.24. The first-order chi connectivity index (χ1) is 8.75. The summed E-state index contributed by atoms with van der Waals surface area (Å²) in [6.45, 7) is 4.15. The van der Waals surface area contributed by atoms with E-state index in [0.29, 0.717) is 6.04 Å². The van der Waals surface area contributed by atoms with Crippen LogP contribution in [-0.4, -0.2) is 9.88 Å². The molecule has 0 amide bonds. The van der Waals surface area contributed by atoms with Crippen LogP contribution in [0.3, 0.4) is 0 Å². The predicted molar refractivity (Wildman–Crippen MR) is 72.8 cm³/mol. The number of anilines is 1. The fourth-order valence-corrected chi connectivity index (χ4v) is 2.60. The van der Waals surface area contributed by atoms with E-state index in [-0.39, 0.29) is 0 Å². The van der Waals surface area contributed by atoms with Crippen molar-refractivity contribution in [2.45, 2.75) is 26.1 Å². The average molecular weight is 239 g/mol. The number of rotatable bonds is 2. The Morgan fingerprint density at radius 1 is 1.17 bits per heavy atom. The average Bonchev–Trinajstić information content (AvgIpc) is 2.84. The molecule has 1 aliphatic heterocycles. The van der Waals surface area contributed by atoms with Crippen molar-refractivity contribution in [1.29, 1.82) is 0 Å². The maximum Gasteiger partial charge on any atom is 0.0363 e. The van der Waals surface area contributed by atoms with Crippen molar-refractivity contribution in [3.8, 4) is 0 Å². The molecule has 1 aromatic carbocycles. The Morgan fingerprint density at radius 2 is 1.94 bits per heavy atom. The van der Waals surface area contributed by atoms with Gasteiger partial charge >= 0.3 is 0 Å². The summed E-state index contributed by atoms with van der Waals surface area (Å²) in [5, 5.41) is 0. The molecule has 0 saturated carbocycles. The van der Waals surface area contributed by atoms with Gasteiger partial charge < -0.3 is 5.73 Å². The molecule has 0 saturated heterocycles. The van der Waals surface area contributed by atoms with Crippen molar-refractivity contribution >= 4 is 5.69 Å². The number of hydrogen-bond donors (Lipinski definition) is 1. The van der Waals surface area contributed by atoms with Crippen LogP contribution in [0.1, 0.15) is 29.7 Å². The minimum Gasteiger partial charge on any atom is -0.398 e. The van der Waals surface area contributed by atoms with Gasteiger partial charge in [0.15, 0.2) is 0 Å². The largest absolute Gasteiger partial charge is 0.398 e.